The smallest absolute Gasteiger partial charge is 0.306 e. The van der Waals surface area contributed by atoms with Gasteiger partial charge in [-0.1, -0.05) is 140 Å². The van der Waals surface area contributed by atoms with Crippen LogP contribution in [-0.4, -0.2) is 18.3 Å². The van der Waals surface area contributed by atoms with E-state index in [4.69, 9.17) is 0 Å². The Morgan fingerprint density at radius 2 is 0.685 bits per heavy atom. The zero-order valence-electron chi connectivity index (χ0n) is 38.3. The summed E-state index contributed by atoms with van der Waals surface area (Å²) in [5, 5.41) is 33.7. The summed E-state index contributed by atoms with van der Waals surface area (Å²) >= 11 is 1.56. The molecule has 10 heteroatoms. The van der Waals surface area contributed by atoms with Gasteiger partial charge in [0.15, 0.2) is 0 Å². The van der Waals surface area contributed by atoms with Crippen LogP contribution in [0.3, 0.4) is 0 Å². The normalized spacial score (nSPS) is 12.3. The highest BCUT2D eigenvalue weighted by Crippen LogP contribution is 2.51. The maximum Gasteiger partial charge on any atom is 0.416 e. The SMILES string of the molecule is N#Cc1c(-n2c3ccccc3c3ccccc32)c(-n2c3ccccc3c3ccccc32)c(C#N)c(-n2c3ccc(C(F)(F)F)cc3c3ccc4c5ccccc5sc4c32)c1-n1c2ccccc2c2ccccc21. The van der Waals surface area contributed by atoms with Gasteiger partial charge in [0.2, 0.25) is 0 Å². The molecule has 0 bridgehead atoms. The molecule has 5 heterocycles. The van der Waals surface area contributed by atoms with Crippen LogP contribution < -0.4 is 0 Å². The summed E-state index contributed by atoms with van der Waals surface area (Å²) in [5.74, 6) is 0. The van der Waals surface area contributed by atoms with E-state index in [2.05, 4.69) is 86.5 Å². The second kappa shape index (κ2) is 15.0. The molecule has 15 rings (SSSR count). The number of halogens is 3. The number of hydrogen-bond donors (Lipinski definition) is 0. The van der Waals surface area contributed by atoms with Crippen LogP contribution in [0.2, 0.25) is 0 Å². The maximum atomic E-state index is 15.0. The highest BCUT2D eigenvalue weighted by molar-refractivity contribution is 7.26. The van der Waals surface area contributed by atoms with Gasteiger partial charge in [-0.2, -0.15) is 23.7 Å². The third-order valence-corrected chi connectivity index (χ3v) is 16.0. The monoisotopic (exact) mass is 962 g/mol. The molecule has 0 saturated heterocycles. The van der Waals surface area contributed by atoms with Crippen LogP contribution in [-0.2, 0) is 6.18 Å². The topological polar surface area (TPSA) is 67.3 Å². The van der Waals surface area contributed by atoms with Gasteiger partial charge in [0.05, 0.1) is 77.1 Å². The third-order valence-electron chi connectivity index (χ3n) is 14.9. The number of hydrogen-bond acceptors (Lipinski definition) is 3. The van der Waals surface area contributed by atoms with Gasteiger partial charge in [-0.05, 0) is 60.7 Å². The zero-order valence-corrected chi connectivity index (χ0v) is 39.1. The first kappa shape index (κ1) is 41.2. The zero-order chi connectivity index (χ0) is 48.9. The summed E-state index contributed by atoms with van der Waals surface area (Å²) in [4.78, 5) is 0. The van der Waals surface area contributed by atoms with E-state index in [1.807, 2.05) is 126 Å². The fourth-order valence-electron chi connectivity index (χ4n) is 12.0. The second-order valence-corrected chi connectivity index (χ2v) is 19.5. The molecule has 15 aromatic rings. The molecule has 10 aromatic carbocycles. The van der Waals surface area contributed by atoms with E-state index in [9.17, 15) is 23.7 Å². The van der Waals surface area contributed by atoms with Crippen molar-refractivity contribution in [1.82, 2.24) is 18.3 Å². The Hall–Kier alpha value is -9.61. The van der Waals surface area contributed by atoms with Crippen molar-refractivity contribution < 1.29 is 13.2 Å². The Kier molecular flexibility index (Phi) is 8.44. The van der Waals surface area contributed by atoms with Crippen molar-refractivity contribution >= 4 is 119 Å². The van der Waals surface area contributed by atoms with E-state index in [0.29, 0.717) is 44.6 Å². The number of aromatic nitrogens is 4. The average molecular weight is 963 g/mol. The molecule has 0 aliphatic carbocycles. The molecule has 0 unspecified atom stereocenters. The Bertz CT molecular complexity index is 4850. The van der Waals surface area contributed by atoms with Gasteiger partial charge in [0.25, 0.3) is 0 Å². The van der Waals surface area contributed by atoms with Crippen molar-refractivity contribution in [3.63, 3.8) is 0 Å². The minimum atomic E-state index is -4.64. The highest BCUT2D eigenvalue weighted by Gasteiger charge is 2.36. The van der Waals surface area contributed by atoms with Gasteiger partial charge in [-0.3, -0.25) is 0 Å². The molecular formula is C63H33F3N6S. The Morgan fingerprint density at radius 1 is 0.342 bits per heavy atom. The number of benzene rings is 10. The number of rotatable bonds is 4. The van der Waals surface area contributed by atoms with E-state index >= 15 is 0 Å². The molecule has 0 atom stereocenters. The number of para-hydroxylation sites is 6. The number of alkyl halides is 3. The van der Waals surface area contributed by atoms with Crippen molar-refractivity contribution in [3.8, 4) is 34.9 Å². The predicted molar refractivity (Wildman–Crippen MR) is 291 cm³/mol. The fraction of sp³-hybridized carbons (Fsp3) is 0.0159. The average Bonchev–Trinajstić information content (AvgIpc) is 4.23. The van der Waals surface area contributed by atoms with Gasteiger partial charge in [0, 0.05) is 58.6 Å². The van der Waals surface area contributed by atoms with Crippen molar-refractivity contribution in [1.29, 1.82) is 10.5 Å². The molecule has 73 heavy (non-hydrogen) atoms. The second-order valence-electron chi connectivity index (χ2n) is 18.5. The summed E-state index contributed by atoms with van der Waals surface area (Å²) in [6, 6.07) is 70.0. The largest absolute Gasteiger partial charge is 0.416 e. The molecule has 5 aromatic heterocycles. The molecule has 0 N–H and O–H groups in total. The molecule has 0 aliphatic rings. The van der Waals surface area contributed by atoms with Gasteiger partial charge < -0.3 is 18.3 Å². The minimum absolute atomic E-state index is 0.219. The van der Waals surface area contributed by atoms with Crippen molar-refractivity contribution in [3.05, 3.63) is 217 Å². The summed E-state index contributed by atoms with van der Waals surface area (Å²) in [7, 11) is 0. The molecule has 0 spiro atoms. The summed E-state index contributed by atoms with van der Waals surface area (Å²) in [5.41, 5.74) is 7.33. The molecule has 0 amide bonds. The van der Waals surface area contributed by atoms with Crippen LogP contribution >= 0.6 is 11.3 Å². The van der Waals surface area contributed by atoms with Gasteiger partial charge >= 0.3 is 6.18 Å². The van der Waals surface area contributed by atoms with Crippen molar-refractivity contribution in [2.45, 2.75) is 6.18 Å². The van der Waals surface area contributed by atoms with E-state index in [1.165, 1.54) is 12.1 Å². The summed E-state index contributed by atoms with van der Waals surface area (Å²) < 4.78 is 55.1. The minimum Gasteiger partial charge on any atom is -0.306 e. The lowest BCUT2D eigenvalue weighted by Crippen LogP contribution is -2.16. The van der Waals surface area contributed by atoms with Crippen LogP contribution in [0.1, 0.15) is 16.7 Å². The van der Waals surface area contributed by atoms with Crippen LogP contribution in [0.25, 0.3) is 130 Å². The quantitative estimate of drug-likeness (QED) is 0.176. The van der Waals surface area contributed by atoms with E-state index < -0.39 is 11.7 Å². The lowest BCUT2D eigenvalue weighted by Gasteiger charge is -2.27. The van der Waals surface area contributed by atoms with E-state index in [1.54, 1.807) is 11.3 Å². The van der Waals surface area contributed by atoms with Gasteiger partial charge in [-0.15, -0.1) is 11.3 Å². The first-order valence-corrected chi connectivity index (χ1v) is 24.6. The third kappa shape index (κ3) is 5.50. The van der Waals surface area contributed by atoms with Crippen molar-refractivity contribution in [2.75, 3.05) is 0 Å². The maximum absolute atomic E-state index is 15.0. The highest BCUT2D eigenvalue weighted by atomic mass is 32.1. The molecule has 6 nitrogen and oxygen atoms in total. The number of nitriles is 2. The van der Waals surface area contributed by atoms with Crippen LogP contribution in [0.15, 0.2) is 200 Å². The number of fused-ring (bicyclic) bond motifs is 16. The summed E-state index contributed by atoms with van der Waals surface area (Å²) in [6.07, 6.45) is -4.64. The number of nitrogens with zero attached hydrogens (tertiary/aromatic N) is 6. The van der Waals surface area contributed by atoms with Crippen molar-refractivity contribution in [2.24, 2.45) is 0 Å². The molecular weight excluding hydrogens is 930 g/mol. The molecule has 342 valence electrons. The lowest BCUT2D eigenvalue weighted by atomic mass is 9.98. The van der Waals surface area contributed by atoms with Gasteiger partial charge in [0.1, 0.15) is 23.3 Å². The lowest BCUT2D eigenvalue weighted by molar-refractivity contribution is -0.137. The number of thiophene rings is 1. The van der Waals surface area contributed by atoms with E-state index in [0.717, 1.165) is 91.7 Å². The fourth-order valence-corrected chi connectivity index (χ4v) is 13.2. The summed E-state index contributed by atoms with van der Waals surface area (Å²) in [6.45, 7) is 0. The first-order valence-electron chi connectivity index (χ1n) is 23.8. The van der Waals surface area contributed by atoms with Crippen LogP contribution in [0.4, 0.5) is 13.2 Å². The molecule has 0 fully saturated rings. The van der Waals surface area contributed by atoms with Gasteiger partial charge in [-0.25, -0.2) is 0 Å². The van der Waals surface area contributed by atoms with Crippen LogP contribution in [0, 0.1) is 22.7 Å². The predicted octanol–water partition coefficient (Wildman–Crippen LogP) is 17.2. The van der Waals surface area contributed by atoms with E-state index in [-0.39, 0.29) is 11.1 Å². The molecule has 0 aliphatic heterocycles. The molecule has 0 radical (unpaired) electrons. The van der Waals surface area contributed by atoms with Crippen LogP contribution in [0.5, 0.6) is 0 Å². The Morgan fingerprint density at radius 3 is 1.08 bits per heavy atom. The Labute approximate surface area is 416 Å². The first-order chi connectivity index (χ1) is 35.8. The molecule has 0 saturated carbocycles. The Balaban J connectivity index is 1.29. The standard InChI is InChI=1S/C63H33F3N6S/c64-63(65,66)36-29-32-55-46(33-36)44-30-31-45-43-21-7-14-28-56(43)73-62(45)61(44)72(55)60-48(35-68)58(70-51-24-10-3-17-39(51)40-18-4-11-25-52(40)70)57(69-49-22-8-1-15-37(49)38-16-2-9-23-50(38)69)47(34-67)59(60)71-53-26-12-5-19-41(53)42-20-6-13-27-54(42)71/h1-33H.